The lowest BCUT2D eigenvalue weighted by atomic mass is 9.65. The zero-order chi connectivity index (χ0) is 18.1. The third kappa shape index (κ3) is 4.40. The average molecular weight is 396 g/mol. The fraction of sp³-hybridized carbons (Fsp3) is 0.667. The highest BCUT2D eigenvalue weighted by molar-refractivity contribution is 5.85. The molecule has 1 saturated heterocycles. The SMILES string of the molecule is Cl.NC1C2CCCC1CC(C(=O)NC1CCCN(c3ccccc3F)C1)C2. The molecule has 150 valence electrons. The van der Waals surface area contributed by atoms with E-state index in [0.717, 1.165) is 32.2 Å². The maximum absolute atomic E-state index is 14.1. The number of carbonyl (C=O) groups excluding carboxylic acids is 1. The molecule has 6 heteroatoms. The van der Waals surface area contributed by atoms with Gasteiger partial charge in [-0.2, -0.15) is 0 Å². The number of piperidine rings is 1. The van der Waals surface area contributed by atoms with Crippen LogP contribution < -0.4 is 16.0 Å². The van der Waals surface area contributed by atoms with Crippen LogP contribution >= 0.6 is 12.4 Å². The first kappa shape index (κ1) is 20.4. The molecule has 3 N–H and O–H groups in total. The second-order valence-electron chi connectivity index (χ2n) is 8.44. The maximum Gasteiger partial charge on any atom is 0.223 e. The van der Waals surface area contributed by atoms with Gasteiger partial charge < -0.3 is 16.0 Å². The van der Waals surface area contributed by atoms with Crippen LogP contribution in [-0.2, 0) is 4.79 Å². The number of hydrogen-bond acceptors (Lipinski definition) is 3. The first-order valence-corrected chi connectivity index (χ1v) is 10.2. The lowest BCUT2D eigenvalue weighted by Crippen LogP contribution is -2.53. The molecular formula is C21H31ClFN3O. The van der Waals surface area contributed by atoms with Gasteiger partial charge in [-0.25, -0.2) is 4.39 Å². The molecule has 27 heavy (non-hydrogen) atoms. The van der Waals surface area contributed by atoms with Crippen molar-refractivity contribution in [3.8, 4) is 0 Å². The summed E-state index contributed by atoms with van der Waals surface area (Å²) < 4.78 is 14.1. The predicted molar refractivity (Wildman–Crippen MR) is 109 cm³/mol. The van der Waals surface area contributed by atoms with E-state index in [4.69, 9.17) is 5.73 Å². The largest absolute Gasteiger partial charge is 0.367 e. The molecule has 1 aromatic rings. The Hall–Kier alpha value is -1.33. The number of fused-ring (bicyclic) bond motifs is 2. The van der Waals surface area contributed by atoms with E-state index in [9.17, 15) is 9.18 Å². The van der Waals surface area contributed by atoms with Crippen molar-refractivity contribution in [2.45, 2.75) is 57.0 Å². The predicted octanol–water partition coefficient (Wildman–Crippen LogP) is 3.49. The van der Waals surface area contributed by atoms with E-state index in [1.165, 1.54) is 25.3 Å². The Balaban J connectivity index is 0.00000210. The summed E-state index contributed by atoms with van der Waals surface area (Å²) in [7, 11) is 0. The summed E-state index contributed by atoms with van der Waals surface area (Å²) in [6.45, 7) is 1.53. The third-order valence-electron chi connectivity index (χ3n) is 6.74. The molecule has 4 rings (SSSR count). The van der Waals surface area contributed by atoms with Crippen LogP contribution in [0.3, 0.4) is 0 Å². The van der Waals surface area contributed by atoms with Crippen LogP contribution in [0.15, 0.2) is 24.3 Å². The number of nitrogens with one attached hydrogen (secondary N) is 1. The number of carbonyl (C=O) groups is 1. The number of halogens is 2. The summed E-state index contributed by atoms with van der Waals surface area (Å²) in [5, 5.41) is 3.27. The molecular weight excluding hydrogens is 365 g/mol. The monoisotopic (exact) mass is 395 g/mol. The van der Waals surface area contributed by atoms with Gasteiger partial charge in [-0.1, -0.05) is 18.6 Å². The highest BCUT2D eigenvalue weighted by atomic mass is 35.5. The van der Waals surface area contributed by atoms with E-state index in [2.05, 4.69) is 10.2 Å². The van der Waals surface area contributed by atoms with Crippen molar-refractivity contribution in [1.29, 1.82) is 0 Å². The van der Waals surface area contributed by atoms with Crippen molar-refractivity contribution >= 4 is 24.0 Å². The Kier molecular flexibility index (Phi) is 6.64. The second-order valence-corrected chi connectivity index (χ2v) is 8.44. The molecule has 0 radical (unpaired) electrons. The van der Waals surface area contributed by atoms with Gasteiger partial charge in [-0.15, -0.1) is 12.4 Å². The molecule has 3 unspecified atom stereocenters. The molecule has 1 aliphatic heterocycles. The van der Waals surface area contributed by atoms with Crippen molar-refractivity contribution in [2.75, 3.05) is 18.0 Å². The second kappa shape index (κ2) is 8.78. The van der Waals surface area contributed by atoms with Crippen molar-refractivity contribution in [1.82, 2.24) is 5.32 Å². The fourth-order valence-corrected chi connectivity index (χ4v) is 5.34. The van der Waals surface area contributed by atoms with Gasteiger partial charge in [0.15, 0.2) is 0 Å². The van der Waals surface area contributed by atoms with Gasteiger partial charge >= 0.3 is 0 Å². The van der Waals surface area contributed by atoms with E-state index in [1.54, 1.807) is 6.07 Å². The number of para-hydroxylation sites is 1. The number of nitrogens with zero attached hydrogens (tertiary/aromatic N) is 1. The molecule has 2 saturated carbocycles. The van der Waals surface area contributed by atoms with E-state index >= 15 is 0 Å². The third-order valence-corrected chi connectivity index (χ3v) is 6.74. The molecule has 3 atom stereocenters. The normalized spacial score (nSPS) is 33.1. The smallest absolute Gasteiger partial charge is 0.223 e. The van der Waals surface area contributed by atoms with Crippen molar-refractivity contribution < 1.29 is 9.18 Å². The van der Waals surface area contributed by atoms with E-state index in [0.29, 0.717) is 30.1 Å². The lowest BCUT2D eigenvalue weighted by Gasteiger charge is -2.44. The van der Waals surface area contributed by atoms with Crippen molar-refractivity contribution in [2.24, 2.45) is 23.5 Å². The van der Waals surface area contributed by atoms with Crippen LogP contribution in [0.5, 0.6) is 0 Å². The van der Waals surface area contributed by atoms with Gasteiger partial charge in [0.1, 0.15) is 5.82 Å². The van der Waals surface area contributed by atoms with Crippen LogP contribution in [0.4, 0.5) is 10.1 Å². The van der Waals surface area contributed by atoms with E-state index in [-0.39, 0.29) is 36.1 Å². The Bertz CT molecular complexity index is 644. The Labute approximate surface area is 167 Å². The zero-order valence-electron chi connectivity index (χ0n) is 15.8. The van der Waals surface area contributed by atoms with Crippen LogP contribution in [0.2, 0.25) is 0 Å². The fourth-order valence-electron chi connectivity index (χ4n) is 5.34. The van der Waals surface area contributed by atoms with Gasteiger partial charge in [0.25, 0.3) is 0 Å². The Morgan fingerprint density at radius 3 is 2.52 bits per heavy atom. The quantitative estimate of drug-likeness (QED) is 0.823. The zero-order valence-corrected chi connectivity index (χ0v) is 16.6. The topological polar surface area (TPSA) is 58.4 Å². The summed E-state index contributed by atoms with van der Waals surface area (Å²) in [6.07, 6.45) is 7.42. The van der Waals surface area contributed by atoms with Crippen molar-refractivity contribution in [3.63, 3.8) is 0 Å². The Morgan fingerprint density at radius 2 is 1.81 bits per heavy atom. The maximum atomic E-state index is 14.1. The van der Waals surface area contributed by atoms with E-state index < -0.39 is 0 Å². The highest BCUT2D eigenvalue weighted by Crippen LogP contribution is 2.42. The molecule has 0 aromatic heterocycles. The average Bonchev–Trinajstić information content (AvgIpc) is 2.62. The summed E-state index contributed by atoms with van der Waals surface area (Å²) in [4.78, 5) is 14.9. The number of anilines is 1. The first-order chi connectivity index (χ1) is 12.6. The van der Waals surface area contributed by atoms with Crippen LogP contribution in [0, 0.1) is 23.6 Å². The standard InChI is InChI=1S/C21H30FN3O.ClH/c22-18-8-1-2-9-19(18)25-10-4-7-17(13-25)24-21(26)16-11-14-5-3-6-15(12-16)20(14)23;/h1-2,8-9,14-17,20H,3-7,10-13,23H2,(H,24,26);1H. The minimum Gasteiger partial charge on any atom is -0.367 e. The van der Waals surface area contributed by atoms with E-state index in [1.807, 2.05) is 12.1 Å². The summed E-state index contributed by atoms with van der Waals surface area (Å²) >= 11 is 0. The van der Waals surface area contributed by atoms with Gasteiger partial charge in [-0.3, -0.25) is 4.79 Å². The number of amides is 1. The minimum absolute atomic E-state index is 0. The van der Waals surface area contributed by atoms with Crippen LogP contribution in [-0.4, -0.2) is 31.1 Å². The van der Waals surface area contributed by atoms with Crippen LogP contribution in [0.25, 0.3) is 0 Å². The minimum atomic E-state index is -0.187. The van der Waals surface area contributed by atoms with Gasteiger partial charge in [0.05, 0.1) is 5.69 Å². The first-order valence-electron chi connectivity index (χ1n) is 10.2. The lowest BCUT2D eigenvalue weighted by molar-refractivity contribution is -0.128. The van der Waals surface area contributed by atoms with Gasteiger partial charge in [0.2, 0.25) is 5.91 Å². The van der Waals surface area contributed by atoms with Gasteiger partial charge in [-0.05, 0) is 62.5 Å². The molecule has 4 nitrogen and oxygen atoms in total. The number of benzene rings is 1. The summed E-state index contributed by atoms with van der Waals surface area (Å²) in [5.41, 5.74) is 7.00. The molecule has 1 aromatic carbocycles. The van der Waals surface area contributed by atoms with Crippen molar-refractivity contribution in [3.05, 3.63) is 30.1 Å². The van der Waals surface area contributed by atoms with Crippen LogP contribution in [0.1, 0.15) is 44.9 Å². The number of hydrogen-bond donors (Lipinski definition) is 2. The van der Waals surface area contributed by atoms with Gasteiger partial charge in [0, 0.05) is 31.1 Å². The number of nitrogens with two attached hydrogens (primary N) is 1. The molecule has 0 spiro atoms. The highest BCUT2D eigenvalue weighted by Gasteiger charge is 2.41. The summed E-state index contributed by atoms with van der Waals surface area (Å²) in [5.74, 6) is 1.13. The molecule has 1 amide bonds. The molecule has 3 fully saturated rings. The summed E-state index contributed by atoms with van der Waals surface area (Å²) in [6, 6.07) is 7.30. The molecule has 3 aliphatic rings. The Morgan fingerprint density at radius 1 is 1.11 bits per heavy atom. The molecule has 1 heterocycles. The number of rotatable bonds is 3. The molecule has 2 bridgehead atoms. The molecule has 2 aliphatic carbocycles.